The Morgan fingerprint density at radius 2 is 1.92 bits per heavy atom. The van der Waals surface area contributed by atoms with E-state index in [4.69, 9.17) is 18.9 Å². The van der Waals surface area contributed by atoms with E-state index in [1.54, 1.807) is 45.6 Å². The highest BCUT2D eigenvalue weighted by Gasteiger charge is 2.37. The first-order chi connectivity index (χ1) is 18.8. The van der Waals surface area contributed by atoms with Crippen molar-refractivity contribution in [2.24, 2.45) is 0 Å². The van der Waals surface area contributed by atoms with Crippen molar-refractivity contribution in [3.63, 3.8) is 0 Å². The van der Waals surface area contributed by atoms with Gasteiger partial charge in [-0.15, -0.1) is 21.9 Å². The van der Waals surface area contributed by atoms with Crippen molar-refractivity contribution < 1.29 is 33.7 Å². The minimum absolute atomic E-state index is 0.190. The van der Waals surface area contributed by atoms with Gasteiger partial charge >= 0.3 is 5.97 Å². The molecule has 0 saturated carbocycles. The third kappa shape index (κ3) is 6.00. The monoisotopic (exact) mass is 555 g/mol. The Hall–Kier alpha value is -3.67. The molecule has 0 bridgehead atoms. The second-order valence-corrected chi connectivity index (χ2v) is 9.75. The molecule has 0 heterocycles. The van der Waals surface area contributed by atoms with Crippen LogP contribution < -0.4 is 5.43 Å². The molecule has 0 radical (unpaired) electrons. The number of ether oxygens (including phenoxy) is 4. The number of allylic oxidation sites excluding steroid dienone is 2. The number of hydrogen-bond acceptors (Lipinski definition) is 10. The third-order valence-corrected chi connectivity index (χ3v) is 7.52. The van der Waals surface area contributed by atoms with Gasteiger partial charge in [0.15, 0.2) is 5.43 Å². The summed E-state index contributed by atoms with van der Waals surface area (Å²) in [7, 11) is 4.74. The van der Waals surface area contributed by atoms with Crippen molar-refractivity contribution in [1.29, 1.82) is 0 Å². The lowest BCUT2D eigenvalue weighted by atomic mass is 9.86. The molecular weight excluding hydrogens is 526 g/mol. The first-order valence-corrected chi connectivity index (χ1v) is 13.4. The Morgan fingerprint density at radius 3 is 2.59 bits per heavy atom. The van der Waals surface area contributed by atoms with Crippen molar-refractivity contribution in [2.75, 3.05) is 27.6 Å². The zero-order chi connectivity index (χ0) is 28.1. The maximum absolute atomic E-state index is 13.3. The van der Waals surface area contributed by atoms with Crippen molar-refractivity contribution in [1.82, 2.24) is 0 Å². The maximum atomic E-state index is 13.3. The number of carbonyl (C=O) groups is 1. The van der Waals surface area contributed by atoms with Gasteiger partial charge in [-0.2, -0.15) is 0 Å². The summed E-state index contributed by atoms with van der Waals surface area (Å²) in [5.74, 6) is -0.0554. The molecule has 2 aromatic carbocycles. The van der Waals surface area contributed by atoms with Crippen molar-refractivity contribution in [2.45, 2.75) is 42.7 Å². The predicted molar refractivity (Wildman–Crippen MR) is 144 cm³/mol. The summed E-state index contributed by atoms with van der Waals surface area (Å²) in [6.07, 6.45) is 3.10. The van der Waals surface area contributed by atoms with Crippen LogP contribution in [-0.4, -0.2) is 50.8 Å². The number of hydrogen-bond donors (Lipinski definition) is 0. The van der Waals surface area contributed by atoms with Gasteiger partial charge in [-0.05, 0) is 66.1 Å². The minimum atomic E-state index is -0.893. The van der Waals surface area contributed by atoms with Gasteiger partial charge in [0.2, 0.25) is 0 Å². The van der Waals surface area contributed by atoms with E-state index in [0.717, 1.165) is 11.1 Å². The minimum Gasteiger partial charge on any atom is -0.498 e. The normalized spacial score (nSPS) is 20.2. The fraction of sp³-hybridized carbons (Fsp3) is 0.357. The Bertz CT molecular complexity index is 1390. The lowest BCUT2D eigenvalue weighted by Gasteiger charge is -2.31. The molecule has 2 aromatic rings. The van der Waals surface area contributed by atoms with E-state index in [1.165, 1.54) is 23.9 Å². The van der Waals surface area contributed by atoms with Gasteiger partial charge in [-0.25, -0.2) is 4.79 Å². The lowest BCUT2D eigenvalue weighted by Crippen LogP contribution is -2.34. The number of nitrogens with zero attached hydrogens (tertiary/aromatic N) is 1. The Morgan fingerprint density at radius 1 is 1.13 bits per heavy atom. The molecule has 0 fully saturated rings. The topological polar surface area (TPSA) is 123 Å². The van der Waals surface area contributed by atoms with E-state index in [2.05, 4.69) is 4.84 Å². The van der Waals surface area contributed by atoms with Gasteiger partial charge in [-0.3, -0.25) is 4.79 Å². The number of benzene rings is 1. The van der Waals surface area contributed by atoms with Crippen LogP contribution in [0.2, 0.25) is 0 Å². The van der Waals surface area contributed by atoms with E-state index in [9.17, 15) is 19.7 Å². The Kier molecular flexibility index (Phi) is 9.05. The molecule has 3 atom stereocenters. The lowest BCUT2D eigenvalue weighted by molar-refractivity contribution is -0.763. The van der Waals surface area contributed by atoms with Gasteiger partial charge in [0.25, 0.3) is 5.09 Å². The molecule has 11 heteroatoms. The van der Waals surface area contributed by atoms with Crippen LogP contribution in [0.1, 0.15) is 46.0 Å². The molecule has 2 unspecified atom stereocenters. The van der Waals surface area contributed by atoms with E-state index in [0.29, 0.717) is 40.2 Å². The molecule has 2 aliphatic rings. The van der Waals surface area contributed by atoms with Crippen LogP contribution in [0, 0.1) is 10.1 Å². The van der Waals surface area contributed by atoms with Crippen LogP contribution >= 0.6 is 11.8 Å². The quantitative estimate of drug-likeness (QED) is 0.189. The molecule has 0 amide bonds. The SMILES string of the molecule is COC1=C2C(=CC(OC)C1OC)CC[C@@H](OC(=O)c1cccc(CO[N+](=O)[O-])c1)c1cc(=O)c(SC)ccc12. The number of thioether (sulfide) groups is 1. The highest BCUT2D eigenvalue weighted by atomic mass is 32.2. The van der Waals surface area contributed by atoms with Crippen LogP contribution in [0.15, 0.2) is 69.6 Å². The highest BCUT2D eigenvalue weighted by molar-refractivity contribution is 7.98. The molecule has 0 aliphatic heterocycles. The molecule has 39 heavy (non-hydrogen) atoms. The summed E-state index contributed by atoms with van der Waals surface area (Å²) >= 11 is 1.33. The largest absolute Gasteiger partial charge is 0.498 e. The van der Waals surface area contributed by atoms with Gasteiger partial charge in [0, 0.05) is 25.4 Å². The first kappa shape index (κ1) is 28.3. The zero-order valence-electron chi connectivity index (χ0n) is 22.0. The standard InChI is InChI=1S/C28H29NO9S/c1-34-23-13-17-8-10-22(38-28(31)18-7-5-6-16(12-18)15-37-29(32)33)20-14-21(30)24(39-4)11-9-19(20)25(17)27(36-3)26(23)35-2/h5-7,9,11-14,22-23,26H,8,10,15H2,1-4H3/t22-,23?,26?/m1/s1. The smallest absolute Gasteiger partial charge is 0.338 e. The molecule has 0 N–H and O–H groups in total. The molecule has 10 nitrogen and oxygen atoms in total. The molecule has 2 aliphatic carbocycles. The second kappa shape index (κ2) is 12.5. The van der Waals surface area contributed by atoms with Crippen LogP contribution in [0.4, 0.5) is 0 Å². The Labute approximate surface area is 229 Å². The number of carbonyl (C=O) groups excluding carboxylic acids is 1. The van der Waals surface area contributed by atoms with Gasteiger partial charge in [-0.1, -0.05) is 18.2 Å². The second-order valence-electron chi connectivity index (χ2n) is 8.90. The summed E-state index contributed by atoms with van der Waals surface area (Å²) in [4.78, 5) is 41.9. The van der Waals surface area contributed by atoms with Gasteiger partial charge < -0.3 is 23.8 Å². The highest BCUT2D eigenvalue weighted by Crippen LogP contribution is 2.45. The molecule has 0 aromatic heterocycles. The summed E-state index contributed by atoms with van der Waals surface area (Å²) in [6.45, 7) is -0.295. The van der Waals surface area contributed by atoms with Crippen LogP contribution in [0.25, 0.3) is 5.57 Å². The molecule has 0 saturated heterocycles. The average Bonchev–Trinajstić information content (AvgIpc) is 3.19. The fourth-order valence-electron chi connectivity index (χ4n) is 4.95. The van der Waals surface area contributed by atoms with Crippen LogP contribution in [-0.2, 0) is 30.4 Å². The summed E-state index contributed by atoms with van der Waals surface area (Å²) in [6, 6.07) is 11.4. The number of methoxy groups -OCH3 is 3. The third-order valence-electron chi connectivity index (χ3n) is 6.74. The molecule has 0 spiro atoms. The van der Waals surface area contributed by atoms with Crippen LogP contribution in [0.5, 0.6) is 0 Å². The average molecular weight is 556 g/mol. The number of fused-ring (bicyclic) bond motifs is 3. The van der Waals surface area contributed by atoms with E-state index < -0.39 is 23.3 Å². The molecular formula is C28H29NO9S. The predicted octanol–water partition coefficient (Wildman–Crippen LogP) is 4.50. The number of esters is 1. The van der Waals surface area contributed by atoms with Gasteiger partial charge in [0.1, 0.15) is 30.7 Å². The fourth-order valence-corrected chi connectivity index (χ4v) is 5.42. The summed E-state index contributed by atoms with van der Waals surface area (Å²) < 4.78 is 23.3. The van der Waals surface area contributed by atoms with Crippen molar-refractivity contribution in [3.05, 3.63) is 102 Å². The Balaban J connectivity index is 1.80. The van der Waals surface area contributed by atoms with E-state index in [-0.39, 0.29) is 23.7 Å². The first-order valence-electron chi connectivity index (χ1n) is 12.2. The van der Waals surface area contributed by atoms with Crippen molar-refractivity contribution in [3.8, 4) is 0 Å². The van der Waals surface area contributed by atoms with E-state index >= 15 is 0 Å². The maximum Gasteiger partial charge on any atom is 0.338 e. The summed E-state index contributed by atoms with van der Waals surface area (Å²) in [5, 5.41) is 9.67. The number of rotatable bonds is 9. The van der Waals surface area contributed by atoms with Gasteiger partial charge in [0.05, 0.1) is 17.6 Å². The molecule has 206 valence electrons. The molecule has 4 rings (SSSR count). The van der Waals surface area contributed by atoms with E-state index in [1.807, 2.05) is 18.4 Å². The van der Waals surface area contributed by atoms with Crippen LogP contribution in [0.3, 0.4) is 0 Å². The summed E-state index contributed by atoms with van der Waals surface area (Å²) in [5.41, 5.74) is 3.45. The zero-order valence-corrected chi connectivity index (χ0v) is 22.8. The van der Waals surface area contributed by atoms with Crippen molar-refractivity contribution >= 4 is 23.3 Å².